The molecule has 116 valence electrons. The molecule has 0 N–H and O–H groups in total. The highest BCUT2D eigenvalue weighted by molar-refractivity contribution is 5.76. The van der Waals surface area contributed by atoms with Crippen molar-refractivity contribution >= 4 is 11.7 Å². The molecule has 0 bridgehead atoms. The summed E-state index contributed by atoms with van der Waals surface area (Å²) in [5.41, 5.74) is 0. The number of rotatable bonds is 6. The van der Waals surface area contributed by atoms with Crippen LogP contribution in [0.25, 0.3) is 0 Å². The minimum Gasteiger partial charge on any atom is -0.477 e. The zero-order valence-electron chi connectivity index (χ0n) is 12.9. The third-order valence-electron chi connectivity index (χ3n) is 3.62. The van der Waals surface area contributed by atoms with Gasteiger partial charge in [0, 0.05) is 38.7 Å². The molecule has 0 aromatic carbocycles. The second-order valence-electron chi connectivity index (χ2n) is 5.13. The van der Waals surface area contributed by atoms with Crippen molar-refractivity contribution in [2.45, 2.75) is 33.1 Å². The van der Waals surface area contributed by atoms with Crippen LogP contribution < -0.4 is 9.64 Å². The van der Waals surface area contributed by atoms with E-state index >= 15 is 0 Å². The molecule has 0 saturated carbocycles. The SMILES string of the molecule is CCCCC(=O)N1CCN(c2ccc(OCC)nn2)CC1. The fourth-order valence-electron chi connectivity index (χ4n) is 2.38. The maximum atomic E-state index is 12.0. The molecule has 1 aromatic heterocycles. The van der Waals surface area contributed by atoms with Gasteiger partial charge in [-0.15, -0.1) is 10.2 Å². The molecule has 21 heavy (non-hydrogen) atoms. The fourth-order valence-corrected chi connectivity index (χ4v) is 2.38. The highest BCUT2D eigenvalue weighted by atomic mass is 16.5. The van der Waals surface area contributed by atoms with Crippen molar-refractivity contribution in [2.75, 3.05) is 37.7 Å². The van der Waals surface area contributed by atoms with Crippen molar-refractivity contribution in [3.63, 3.8) is 0 Å². The molecular weight excluding hydrogens is 268 g/mol. The van der Waals surface area contributed by atoms with Crippen molar-refractivity contribution in [3.05, 3.63) is 12.1 Å². The lowest BCUT2D eigenvalue weighted by Gasteiger charge is -2.35. The van der Waals surface area contributed by atoms with Gasteiger partial charge < -0.3 is 14.5 Å². The summed E-state index contributed by atoms with van der Waals surface area (Å²) in [6.45, 7) is 7.75. The van der Waals surface area contributed by atoms with Crippen molar-refractivity contribution < 1.29 is 9.53 Å². The summed E-state index contributed by atoms with van der Waals surface area (Å²) in [6.07, 6.45) is 2.70. The zero-order chi connectivity index (χ0) is 15.1. The predicted octanol–water partition coefficient (Wildman–Crippen LogP) is 1.71. The summed E-state index contributed by atoms with van der Waals surface area (Å²) in [4.78, 5) is 16.1. The monoisotopic (exact) mass is 292 g/mol. The lowest BCUT2D eigenvalue weighted by Crippen LogP contribution is -2.49. The Balaban J connectivity index is 1.84. The van der Waals surface area contributed by atoms with E-state index in [1.165, 1.54) is 0 Å². The Bertz CT molecular complexity index is 441. The second kappa shape index (κ2) is 7.81. The van der Waals surface area contributed by atoms with Gasteiger partial charge in [-0.05, 0) is 19.4 Å². The number of nitrogens with zero attached hydrogens (tertiary/aromatic N) is 4. The summed E-state index contributed by atoms with van der Waals surface area (Å²) >= 11 is 0. The average Bonchev–Trinajstić information content (AvgIpc) is 2.54. The molecule has 1 aliphatic heterocycles. The van der Waals surface area contributed by atoms with E-state index in [1.54, 1.807) is 0 Å². The van der Waals surface area contributed by atoms with Crippen molar-refractivity contribution in [1.82, 2.24) is 15.1 Å². The van der Waals surface area contributed by atoms with Crippen LogP contribution in [0.1, 0.15) is 33.1 Å². The highest BCUT2D eigenvalue weighted by Gasteiger charge is 2.21. The van der Waals surface area contributed by atoms with Gasteiger partial charge in [0.25, 0.3) is 0 Å². The largest absolute Gasteiger partial charge is 0.477 e. The van der Waals surface area contributed by atoms with Gasteiger partial charge in [0.2, 0.25) is 11.8 Å². The van der Waals surface area contributed by atoms with Crippen LogP contribution in [0.5, 0.6) is 5.88 Å². The third-order valence-corrected chi connectivity index (χ3v) is 3.62. The number of amides is 1. The summed E-state index contributed by atoms with van der Waals surface area (Å²) in [6, 6.07) is 3.76. The van der Waals surface area contributed by atoms with Crippen LogP contribution in [0.4, 0.5) is 5.82 Å². The van der Waals surface area contributed by atoms with Crippen LogP contribution in [0, 0.1) is 0 Å². The average molecular weight is 292 g/mol. The first kappa shape index (κ1) is 15.5. The molecule has 1 aromatic rings. The third kappa shape index (κ3) is 4.31. The first-order valence-corrected chi connectivity index (χ1v) is 7.73. The van der Waals surface area contributed by atoms with Crippen molar-refractivity contribution in [2.24, 2.45) is 0 Å². The molecule has 2 heterocycles. The Hall–Kier alpha value is -1.85. The molecule has 6 heteroatoms. The van der Waals surface area contributed by atoms with Gasteiger partial charge in [-0.25, -0.2) is 0 Å². The second-order valence-corrected chi connectivity index (χ2v) is 5.13. The molecule has 2 rings (SSSR count). The van der Waals surface area contributed by atoms with Crippen LogP contribution in [-0.2, 0) is 4.79 Å². The maximum Gasteiger partial charge on any atom is 0.233 e. The number of unbranched alkanes of at least 4 members (excludes halogenated alkanes) is 1. The maximum absolute atomic E-state index is 12.0. The Labute approximate surface area is 126 Å². The lowest BCUT2D eigenvalue weighted by atomic mass is 10.2. The first-order valence-electron chi connectivity index (χ1n) is 7.73. The Morgan fingerprint density at radius 2 is 1.95 bits per heavy atom. The number of ether oxygens (including phenoxy) is 1. The molecule has 1 amide bonds. The molecule has 1 saturated heterocycles. The highest BCUT2D eigenvalue weighted by Crippen LogP contribution is 2.15. The molecule has 0 aliphatic carbocycles. The normalized spacial score (nSPS) is 15.1. The van der Waals surface area contributed by atoms with Crippen molar-refractivity contribution in [3.8, 4) is 5.88 Å². The number of aromatic nitrogens is 2. The number of hydrogen-bond acceptors (Lipinski definition) is 5. The van der Waals surface area contributed by atoms with E-state index in [4.69, 9.17) is 4.74 Å². The number of anilines is 1. The van der Waals surface area contributed by atoms with E-state index in [2.05, 4.69) is 22.0 Å². The standard InChI is InChI=1S/C15H24N4O2/c1-3-5-6-15(20)19-11-9-18(10-12-19)13-7-8-14(17-16-13)21-4-2/h7-8H,3-6,9-12H2,1-2H3. The topological polar surface area (TPSA) is 58.6 Å². The fraction of sp³-hybridized carbons (Fsp3) is 0.667. The molecule has 1 aliphatic rings. The number of piperazine rings is 1. The lowest BCUT2D eigenvalue weighted by molar-refractivity contribution is -0.131. The van der Waals surface area contributed by atoms with E-state index in [0.29, 0.717) is 18.9 Å². The van der Waals surface area contributed by atoms with Gasteiger partial charge in [-0.1, -0.05) is 13.3 Å². The minimum atomic E-state index is 0.272. The van der Waals surface area contributed by atoms with E-state index in [1.807, 2.05) is 24.0 Å². The Kier molecular flexibility index (Phi) is 5.78. The van der Waals surface area contributed by atoms with Crippen LogP contribution in [0.15, 0.2) is 12.1 Å². The smallest absolute Gasteiger partial charge is 0.233 e. The molecule has 6 nitrogen and oxygen atoms in total. The molecule has 0 unspecified atom stereocenters. The first-order chi connectivity index (χ1) is 10.2. The van der Waals surface area contributed by atoms with Crippen LogP contribution in [-0.4, -0.2) is 53.8 Å². The Morgan fingerprint density at radius 1 is 1.19 bits per heavy atom. The summed E-state index contributed by atoms with van der Waals surface area (Å²) < 4.78 is 5.29. The van der Waals surface area contributed by atoms with Crippen molar-refractivity contribution in [1.29, 1.82) is 0 Å². The van der Waals surface area contributed by atoms with Crippen LogP contribution in [0.2, 0.25) is 0 Å². The van der Waals surface area contributed by atoms with E-state index in [-0.39, 0.29) is 5.91 Å². The van der Waals surface area contributed by atoms with Gasteiger partial charge >= 0.3 is 0 Å². The van der Waals surface area contributed by atoms with Gasteiger partial charge in [0.1, 0.15) is 0 Å². The van der Waals surface area contributed by atoms with Gasteiger partial charge in [-0.3, -0.25) is 4.79 Å². The summed E-state index contributed by atoms with van der Waals surface area (Å²) in [5.74, 6) is 1.67. The Morgan fingerprint density at radius 3 is 2.52 bits per heavy atom. The minimum absolute atomic E-state index is 0.272. The molecule has 1 fully saturated rings. The molecule has 0 atom stereocenters. The molecule has 0 spiro atoms. The van der Waals surface area contributed by atoms with Gasteiger partial charge in [0.15, 0.2) is 5.82 Å². The quantitative estimate of drug-likeness (QED) is 0.799. The van der Waals surface area contributed by atoms with Crippen LogP contribution in [0.3, 0.4) is 0 Å². The molecule has 0 radical (unpaired) electrons. The van der Waals surface area contributed by atoms with E-state index in [9.17, 15) is 4.79 Å². The van der Waals surface area contributed by atoms with E-state index < -0.39 is 0 Å². The summed E-state index contributed by atoms with van der Waals surface area (Å²) in [5, 5.41) is 8.23. The molecular formula is C15H24N4O2. The predicted molar refractivity (Wildman–Crippen MR) is 81.5 cm³/mol. The number of carbonyl (C=O) groups is 1. The van der Waals surface area contributed by atoms with Gasteiger partial charge in [-0.2, -0.15) is 0 Å². The van der Waals surface area contributed by atoms with E-state index in [0.717, 1.165) is 44.8 Å². The number of carbonyl (C=O) groups excluding carboxylic acids is 1. The van der Waals surface area contributed by atoms with Crippen LogP contribution >= 0.6 is 0 Å². The van der Waals surface area contributed by atoms with Gasteiger partial charge in [0.05, 0.1) is 6.61 Å². The zero-order valence-corrected chi connectivity index (χ0v) is 12.9. The number of hydrogen-bond donors (Lipinski definition) is 0. The summed E-state index contributed by atoms with van der Waals surface area (Å²) in [7, 11) is 0.